The molecule has 0 unspecified atom stereocenters. The van der Waals surface area contributed by atoms with E-state index in [1.807, 2.05) is 0 Å². The van der Waals surface area contributed by atoms with E-state index in [9.17, 15) is 0 Å². The van der Waals surface area contributed by atoms with Crippen molar-refractivity contribution in [1.82, 2.24) is 4.57 Å². The topological polar surface area (TPSA) is 4.93 Å². The van der Waals surface area contributed by atoms with Gasteiger partial charge >= 0.3 is 0 Å². The third-order valence-electron chi connectivity index (χ3n) is 12.6. The van der Waals surface area contributed by atoms with Crippen LogP contribution in [-0.4, -0.2) is 14.1 Å². The van der Waals surface area contributed by atoms with Gasteiger partial charge in [0.2, 0.25) is 0 Å². The second-order valence-electron chi connectivity index (χ2n) is 16.1. The number of fused-ring (bicyclic) bond motifs is 7. The van der Waals surface area contributed by atoms with Crippen LogP contribution in [0.1, 0.15) is 0 Å². The van der Waals surface area contributed by atoms with Crippen molar-refractivity contribution in [3.8, 4) is 72.4 Å². The number of hydrogen-bond acceptors (Lipinski definition) is 0. The minimum absolute atomic E-state index is 0.693. The second-order valence-corrected chi connectivity index (χ2v) is 18.0. The molecule has 0 N–H and O–H groups in total. The van der Waals surface area contributed by atoms with E-state index in [-0.39, 0.29) is 0 Å². The Morgan fingerprint density at radius 2 is 0.717 bits per heavy atom. The van der Waals surface area contributed by atoms with E-state index >= 15 is 0 Å². The van der Waals surface area contributed by atoms with Gasteiger partial charge in [0.15, 0.2) is 0 Å². The molecule has 0 atom stereocenters. The Morgan fingerprint density at radius 1 is 0.267 bits per heavy atom. The molecule has 60 heavy (non-hydrogen) atoms. The molecule has 12 rings (SSSR count). The molecule has 0 radical (unpaired) electrons. The summed E-state index contributed by atoms with van der Waals surface area (Å²) in [4.78, 5) is 0. The molecule has 0 aliphatic carbocycles. The van der Waals surface area contributed by atoms with Crippen LogP contribution in [0.3, 0.4) is 0 Å². The molecule has 1 aromatic heterocycles. The fourth-order valence-corrected chi connectivity index (χ4v) is 11.7. The molecule has 0 saturated carbocycles. The van der Waals surface area contributed by atoms with Crippen LogP contribution in [0.25, 0.3) is 105 Å². The first kappa shape index (κ1) is 34.5. The summed E-state index contributed by atoms with van der Waals surface area (Å²) in [7, 11) is -0.693. The summed E-state index contributed by atoms with van der Waals surface area (Å²) in [5.41, 5.74) is 18.9. The lowest BCUT2D eigenvalue weighted by atomic mass is 9.96. The van der Waals surface area contributed by atoms with Crippen molar-refractivity contribution in [3.63, 3.8) is 0 Å². The summed E-state index contributed by atoms with van der Waals surface area (Å²) < 4.78 is 2.49. The van der Waals surface area contributed by atoms with Gasteiger partial charge < -0.3 is 4.57 Å². The molecule has 10 aromatic carbocycles. The maximum Gasteiger partial charge on any atom is 0.0541 e. The van der Waals surface area contributed by atoms with Crippen LogP contribution in [-0.2, 0) is 0 Å². The lowest BCUT2D eigenvalue weighted by Gasteiger charge is -2.13. The zero-order chi connectivity index (χ0) is 39.6. The van der Waals surface area contributed by atoms with Crippen molar-refractivity contribution >= 4 is 52.5 Å². The number of nitrogens with zero attached hydrogens (tertiary/aromatic N) is 1. The van der Waals surface area contributed by atoms with Gasteiger partial charge in [-0.15, -0.1) is 9.52 Å². The summed E-state index contributed by atoms with van der Waals surface area (Å²) in [5, 5.41) is 8.16. The second kappa shape index (κ2) is 14.1. The van der Waals surface area contributed by atoms with Crippen LogP contribution in [0.5, 0.6) is 0 Å². The number of hydrogen-bond donors (Lipinski definition) is 0. The Morgan fingerprint density at radius 3 is 1.32 bits per heavy atom. The van der Waals surface area contributed by atoms with Crippen molar-refractivity contribution in [3.05, 3.63) is 224 Å². The van der Waals surface area contributed by atoms with Crippen LogP contribution < -0.4 is 10.4 Å². The molecular formula is C58H39NSi-. The van der Waals surface area contributed by atoms with Crippen molar-refractivity contribution < 1.29 is 0 Å². The standard InChI is InChI=1S/C58H39NSi/c1-3-10-38(11-4-1)40-18-22-42(23-19-40)45-27-32-55-53(34-45)54-35-46(43-24-20-41(21-25-43)39-12-5-2-6-13-39)28-33-56(54)59(55)48-29-31-52-51-30-26-47(36-57(51)60-58(52)37-48)50-17-9-15-44-14-7-8-16-49(44)50/h1-37H,60H2/q-1. The first-order valence-electron chi connectivity index (χ1n) is 20.9. The Labute approximate surface area is 352 Å². The lowest BCUT2D eigenvalue weighted by Crippen LogP contribution is -2.21. The summed E-state index contributed by atoms with van der Waals surface area (Å²) in [6.45, 7) is 0. The molecule has 281 valence electrons. The first-order valence-corrected chi connectivity index (χ1v) is 22.3. The highest BCUT2D eigenvalue weighted by molar-refractivity contribution is 6.73. The minimum Gasteiger partial charge on any atom is -0.309 e. The number of aromatic nitrogens is 1. The molecule has 1 nitrogen and oxygen atoms in total. The predicted octanol–water partition coefficient (Wildman–Crippen LogP) is 13.4. The third kappa shape index (κ3) is 5.84. The average molecular weight is 778 g/mol. The molecule has 0 saturated heterocycles. The number of rotatable bonds is 6. The SMILES string of the molecule is c1ccc(-c2ccc(-c3ccc4c(c3)c3cc(-c5ccc(-c6ccccc6)cc5)ccc3n4-c3ccc4c(c3)[SiH2-]c3cc(-c5cccc6ccccc56)ccc3-4)cc2)cc1. The summed E-state index contributed by atoms with van der Waals surface area (Å²) in [6, 6.07) is 83.1. The van der Waals surface area contributed by atoms with E-state index in [2.05, 4.69) is 229 Å². The Hall–Kier alpha value is -7.52. The summed E-state index contributed by atoms with van der Waals surface area (Å²) >= 11 is 0. The number of benzene rings is 10. The molecule has 2 heteroatoms. The quantitative estimate of drug-likeness (QED) is 0.148. The molecular weight excluding hydrogens is 739 g/mol. The van der Waals surface area contributed by atoms with Gasteiger partial charge in [-0.1, -0.05) is 205 Å². The van der Waals surface area contributed by atoms with Gasteiger partial charge in [0.05, 0.1) is 11.0 Å². The highest BCUT2D eigenvalue weighted by atomic mass is 28.2. The average Bonchev–Trinajstić information content (AvgIpc) is 3.86. The first-order chi connectivity index (χ1) is 29.7. The molecule has 2 heterocycles. The van der Waals surface area contributed by atoms with Gasteiger partial charge in [0, 0.05) is 16.5 Å². The zero-order valence-corrected chi connectivity index (χ0v) is 34.4. The maximum absolute atomic E-state index is 2.49. The molecule has 0 fully saturated rings. The molecule has 0 amide bonds. The van der Waals surface area contributed by atoms with E-state index < -0.39 is 9.52 Å². The third-order valence-corrected chi connectivity index (χ3v) is 14.6. The normalized spacial score (nSPS) is 12.3. The fraction of sp³-hybridized carbons (Fsp3) is 0. The van der Waals surface area contributed by atoms with Crippen LogP contribution >= 0.6 is 0 Å². The summed E-state index contributed by atoms with van der Waals surface area (Å²) in [6.07, 6.45) is 0. The summed E-state index contributed by atoms with van der Waals surface area (Å²) in [5.74, 6) is 0. The van der Waals surface area contributed by atoms with E-state index in [0.29, 0.717) is 0 Å². The van der Waals surface area contributed by atoms with Gasteiger partial charge in [-0.05, 0) is 96.7 Å². The fourth-order valence-electron chi connectivity index (χ4n) is 9.61. The van der Waals surface area contributed by atoms with Gasteiger partial charge in [-0.25, -0.2) is 0 Å². The van der Waals surface area contributed by atoms with Gasteiger partial charge in [-0.3, -0.25) is 0 Å². The smallest absolute Gasteiger partial charge is 0.0541 e. The maximum atomic E-state index is 2.49. The van der Waals surface area contributed by atoms with Gasteiger partial charge in [0.1, 0.15) is 0 Å². The molecule has 0 spiro atoms. The van der Waals surface area contributed by atoms with Crippen LogP contribution in [0.4, 0.5) is 0 Å². The van der Waals surface area contributed by atoms with Crippen molar-refractivity contribution in [2.45, 2.75) is 0 Å². The van der Waals surface area contributed by atoms with Crippen LogP contribution in [0.2, 0.25) is 0 Å². The van der Waals surface area contributed by atoms with Crippen LogP contribution in [0.15, 0.2) is 224 Å². The van der Waals surface area contributed by atoms with Crippen molar-refractivity contribution in [2.75, 3.05) is 0 Å². The molecule has 11 aromatic rings. The van der Waals surface area contributed by atoms with Crippen LogP contribution in [0, 0.1) is 0 Å². The monoisotopic (exact) mass is 777 g/mol. The highest BCUT2D eigenvalue weighted by Gasteiger charge is 2.18. The van der Waals surface area contributed by atoms with E-state index in [0.717, 1.165) is 0 Å². The van der Waals surface area contributed by atoms with Gasteiger partial charge in [0.25, 0.3) is 0 Å². The van der Waals surface area contributed by atoms with E-state index in [4.69, 9.17) is 0 Å². The molecule has 1 aliphatic heterocycles. The highest BCUT2D eigenvalue weighted by Crippen LogP contribution is 2.39. The Kier molecular flexibility index (Phi) is 8.11. The molecule has 0 bridgehead atoms. The predicted molar refractivity (Wildman–Crippen MR) is 259 cm³/mol. The Balaban J connectivity index is 0.959. The van der Waals surface area contributed by atoms with E-state index in [1.165, 1.54) is 115 Å². The Bertz CT molecular complexity index is 3270. The zero-order valence-electron chi connectivity index (χ0n) is 33.0. The largest absolute Gasteiger partial charge is 0.309 e. The lowest BCUT2D eigenvalue weighted by molar-refractivity contribution is 1.18. The van der Waals surface area contributed by atoms with Crippen molar-refractivity contribution in [1.29, 1.82) is 0 Å². The van der Waals surface area contributed by atoms with Crippen molar-refractivity contribution in [2.24, 2.45) is 0 Å². The van der Waals surface area contributed by atoms with E-state index in [1.54, 1.807) is 0 Å². The molecule has 1 aliphatic rings. The van der Waals surface area contributed by atoms with Gasteiger partial charge in [-0.2, -0.15) is 10.4 Å². The minimum atomic E-state index is -0.693.